The summed E-state index contributed by atoms with van der Waals surface area (Å²) in [4.78, 5) is 13.8. The van der Waals surface area contributed by atoms with Crippen LogP contribution in [0.5, 0.6) is 0 Å². The quantitative estimate of drug-likeness (QED) is 0.523. The largest absolute Gasteiger partial charge is 0.443 e. The van der Waals surface area contributed by atoms with Crippen molar-refractivity contribution >= 4 is 6.09 Å². The number of ether oxygens (including phenoxy) is 4. The minimum atomic E-state index is -1.22. The van der Waals surface area contributed by atoms with Crippen molar-refractivity contribution in [1.29, 1.82) is 0 Å². The molecule has 4 aliphatic rings. The monoisotopic (exact) mass is 411 g/mol. The second-order valence-electron chi connectivity index (χ2n) is 9.26. The van der Waals surface area contributed by atoms with Crippen LogP contribution in [0.15, 0.2) is 11.6 Å². The van der Waals surface area contributed by atoms with E-state index in [0.717, 1.165) is 12.8 Å². The molecular weight excluding hydrogens is 378 g/mol. The zero-order valence-electron chi connectivity index (χ0n) is 17.7. The van der Waals surface area contributed by atoms with Gasteiger partial charge in [-0.3, -0.25) is 4.90 Å². The number of carbonyl (C=O) groups is 1. The molecule has 4 fully saturated rings. The van der Waals surface area contributed by atoms with Crippen LogP contribution in [0, 0.1) is 5.92 Å². The van der Waals surface area contributed by atoms with Crippen molar-refractivity contribution < 1.29 is 34.0 Å². The maximum atomic E-state index is 12.6. The number of amides is 1. The van der Waals surface area contributed by atoms with Crippen molar-refractivity contribution in [2.24, 2.45) is 5.92 Å². The zero-order valence-corrected chi connectivity index (χ0v) is 17.7. The molecule has 3 heterocycles. The molecule has 3 aliphatic heterocycles. The Morgan fingerprint density at radius 1 is 1.31 bits per heavy atom. The molecule has 164 valence electrons. The van der Waals surface area contributed by atoms with E-state index in [1.807, 2.05) is 0 Å². The Morgan fingerprint density at radius 2 is 2.03 bits per heavy atom. The average Bonchev–Trinajstić information content (AvgIpc) is 3.55. The van der Waals surface area contributed by atoms with Gasteiger partial charge < -0.3 is 29.2 Å². The van der Waals surface area contributed by atoms with Gasteiger partial charge in [-0.25, -0.2) is 4.79 Å². The predicted octanol–water partition coefficient (Wildman–Crippen LogP) is 1.58. The molecule has 29 heavy (non-hydrogen) atoms. The van der Waals surface area contributed by atoms with Crippen molar-refractivity contribution in [3.63, 3.8) is 0 Å². The maximum Gasteiger partial charge on any atom is 0.412 e. The lowest BCUT2D eigenvalue weighted by molar-refractivity contribution is -0.127. The third-order valence-electron chi connectivity index (χ3n) is 7.05. The summed E-state index contributed by atoms with van der Waals surface area (Å²) in [6.07, 6.45) is 1.26. The first-order valence-electron chi connectivity index (χ1n) is 10.5. The highest BCUT2D eigenvalue weighted by Crippen LogP contribution is 2.59. The van der Waals surface area contributed by atoms with E-state index in [1.54, 1.807) is 7.11 Å². The number of hydrogen-bond acceptors (Lipinski definition) is 7. The molecule has 1 aliphatic carbocycles. The molecule has 0 aromatic rings. The summed E-state index contributed by atoms with van der Waals surface area (Å²) in [5.74, 6) is -0.0452. The van der Waals surface area contributed by atoms with E-state index in [9.17, 15) is 15.0 Å². The summed E-state index contributed by atoms with van der Waals surface area (Å²) < 4.78 is 23.7. The third kappa shape index (κ3) is 3.70. The van der Waals surface area contributed by atoms with Gasteiger partial charge in [-0.1, -0.05) is 11.6 Å². The van der Waals surface area contributed by atoms with E-state index in [0.29, 0.717) is 19.4 Å². The normalized spacial score (nSPS) is 45.9. The van der Waals surface area contributed by atoms with Crippen molar-refractivity contribution in [1.82, 2.24) is 4.90 Å². The topological polar surface area (TPSA) is 104 Å². The predicted molar refractivity (Wildman–Crippen MR) is 103 cm³/mol. The van der Waals surface area contributed by atoms with Crippen LogP contribution in [-0.2, 0) is 18.9 Å². The number of aliphatic hydroxyl groups excluding tert-OH is 2. The van der Waals surface area contributed by atoms with Gasteiger partial charge in [0.2, 0.25) is 0 Å². The Balaban J connectivity index is 1.48. The Bertz CT molecular complexity index is 674. The SMILES string of the molecule is CO[C@@H]1[C@H](OC(=O)N2CCC(O)C2O)CCC2(CO2)[C@H]1[C@@]1(C)O[C@@H]1CC=C(C)C. The van der Waals surface area contributed by atoms with Crippen LogP contribution >= 0.6 is 0 Å². The first kappa shape index (κ1) is 21.1. The molecule has 1 saturated carbocycles. The number of rotatable bonds is 5. The number of aliphatic hydroxyl groups is 2. The van der Waals surface area contributed by atoms with E-state index in [-0.39, 0.29) is 30.3 Å². The average molecular weight is 411 g/mol. The van der Waals surface area contributed by atoms with Crippen molar-refractivity contribution in [2.75, 3.05) is 20.3 Å². The standard InChI is InChI=1S/C21H33NO7/c1-12(2)5-6-15-20(3,29-15)17-16(26-4)14(7-9-21(17)11-27-21)28-19(25)22-10-8-13(23)18(22)24/h5,13-18,23-24H,6-11H2,1-4H3/t13?,14-,15-,16-,17-,18?,20+,21?/m1/s1. The summed E-state index contributed by atoms with van der Waals surface area (Å²) in [5, 5.41) is 19.7. The number of likely N-dealkylation sites (tertiary alicyclic amines) is 1. The van der Waals surface area contributed by atoms with Gasteiger partial charge in [-0.05, 0) is 46.5 Å². The molecule has 1 spiro atoms. The third-order valence-corrected chi connectivity index (χ3v) is 7.05. The summed E-state index contributed by atoms with van der Waals surface area (Å²) in [6.45, 7) is 7.19. The Morgan fingerprint density at radius 3 is 2.59 bits per heavy atom. The van der Waals surface area contributed by atoms with Gasteiger partial charge in [0, 0.05) is 13.7 Å². The molecule has 2 N–H and O–H groups in total. The number of epoxide rings is 2. The fourth-order valence-corrected chi connectivity index (χ4v) is 5.23. The first-order chi connectivity index (χ1) is 13.7. The molecule has 0 aromatic heterocycles. The van der Waals surface area contributed by atoms with E-state index >= 15 is 0 Å². The first-order valence-corrected chi connectivity index (χ1v) is 10.5. The number of hydrogen-bond donors (Lipinski definition) is 2. The summed E-state index contributed by atoms with van der Waals surface area (Å²) >= 11 is 0. The van der Waals surface area contributed by atoms with Crippen LogP contribution in [0.2, 0.25) is 0 Å². The van der Waals surface area contributed by atoms with Crippen LogP contribution in [0.1, 0.15) is 46.5 Å². The lowest BCUT2D eigenvalue weighted by Gasteiger charge is -2.43. The van der Waals surface area contributed by atoms with E-state index in [4.69, 9.17) is 18.9 Å². The smallest absolute Gasteiger partial charge is 0.412 e. The molecule has 3 unspecified atom stereocenters. The van der Waals surface area contributed by atoms with Gasteiger partial charge in [-0.2, -0.15) is 0 Å². The van der Waals surface area contributed by atoms with Gasteiger partial charge in [-0.15, -0.1) is 0 Å². The van der Waals surface area contributed by atoms with E-state index < -0.39 is 30.1 Å². The molecule has 3 saturated heterocycles. The van der Waals surface area contributed by atoms with Crippen LogP contribution in [0.4, 0.5) is 4.79 Å². The van der Waals surface area contributed by atoms with Crippen molar-refractivity contribution in [3.05, 3.63) is 11.6 Å². The molecular formula is C21H33NO7. The van der Waals surface area contributed by atoms with Gasteiger partial charge in [0.25, 0.3) is 0 Å². The minimum Gasteiger partial charge on any atom is -0.443 e. The molecule has 1 amide bonds. The zero-order chi connectivity index (χ0) is 21.0. The highest BCUT2D eigenvalue weighted by molar-refractivity contribution is 5.68. The Hall–Kier alpha value is -1.19. The number of allylic oxidation sites excluding steroid dienone is 1. The van der Waals surface area contributed by atoms with Gasteiger partial charge in [0.05, 0.1) is 18.6 Å². The van der Waals surface area contributed by atoms with E-state index in [2.05, 4.69) is 26.8 Å². The Labute approximate surface area is 171 Å². The molecule has 8 atom stereocenters. The van der Waals surface area contributed by atoms with Crippen LogP contribution in [-0.4, -0.2) is 83.3 Å². The van der Waals surface area contributed by atoms with Crippen LogP contribution in [0.25, 0.3) is 0 Å². The highest BCUT2D eigenvalue weighted by atomic mass is 16.6. The van der Waals surface area contributed by atoms with Gasteiger partial charge >= 0.3 is 6.09 Å². The summed E-state index contributed by atoms with van der Waals surface area (Å²) in [6, 6.07) is 0. The number of methoxy groups -OCH3 is 1. The molecule has 0 aromatic carbocycles. The molecule has 8 nitrogen and oxygen atoms in total. The number of carbonyl (C=O) groups excluding carboxylic acids is 1. The van der Waals surface area contributed by atoms with Crippen molar-refractivity contribution in [2.45, 2.75) is 88.3 Å². The maximum absolute atomic E-state index is 12.6. The summed E-state index contributed by atoms with van der Waals surface area (Å²) in [7, 11) is 1.63. The van der Waals surface area contributed by atoms with Gasteiger partial charge in [0.1, 0.15) is 29.5 Å². The van der Waals surface area contributed by atoms with Gasteiger partial charge in [0.15, 0.2) is 6.23 Å². The molecule has 0 bridgehead atoms. The molecule has 8 heteroatoms. The molecule has 4 rings (SSSR count). The van der Waals surface area contributed by atoms with E-state index in [1.165, 1.54) is 10.5 Å². The summed E-state index contributed by atoms with van der Waals surface area (Å²) in [5.41, 5.74) is 0.587. The Kier molecular flexibility index (Phi) is 5.44. The fourth-order valence-electron chi connectivity index (χ4n) is 5.23. The van der Waals surface area contributed by atoms with Crippen molar-refractivity contribution in [3.8, 4) is 0 Å². The van der Waals surface area contributed by atoms with Crippen LogP contribution < -0.4 is 0 Å². The molecule has 0 radical (unpaired) electrons. The lowest BCUT2D eigenvalue weighted by atomic mass is 9.68. The second kappa shape index (κ2) is 7.50. The highest BCUT2D eigenvalue weighted by Gasteiger charge is 2.72. The minimum absolute atomic E-state index is 0.0452. The van der Waals surface area contributed by atoms with Crippen LogP contribution in [0.3, 0.4) is 0 Å². The lowest BCUT2D eigenvalue weighted by Crippen LogP contribution is -2.56. The fraction of sp³-hybridized carbons (Fsp3) is 0.857. The second-order valence-corrected chi connectivity index (χ2v) is 9.26. The number of nitrogens with zero attached hydrogens (tertiary/aromatic N) is 1.